The van der Waals surface area contributed by atoms with Crippen LogP contribution in [0.15, 0.2) is 18.2 Å². The molecule has 2 aliphatic rings. The number of hydrogen-bond acceptors (Lipinski definition) is 2. The maximum Gasteiger partial charge on any atom is 0.0725 e. The Bertz CT molecular complexity index is 429. The summed E-state index contributed by atoms with van der Waals surface area (Å²) in [4.78, 5) is 0. The third kappa shape index (κ3) is 2.32. The molecule has 1 saturated carbocycles. The minimum absolute atomic E-state index is 0.207. The Kier molecular flexibility index (Phi) is 3.40. The van der Waals surface area contributed by atoms with Gasteiger partial charge in [0.1, 0.15) is 0 Å². The van der Waals surface area contributed by atoms with Crippen molar-refractivity contribution in [2.45, 2.75) is 51.9 Å². The molecular formula is C16H23NO. The number of hydrogen-bond donors (Lipinski definition) is 1. The van der Waals surface area contributed by atoms with Gasteiger partial charge < -0.3 is 10.5 Å². The average molecular weight is 245 g/mol. The predicted octanol–water partition coefficient (Wildman–Crippen LogP) is 3.54. The van der Waals surface area contributed by atoms with E-state index in [0.29, 0.717) is 5.92 Å². The molecule has 2 heteroatoms. The summed E-state index contributed by atoms with van der Waals surface area (Å²) in [6, 6.07) is 6.88. The molecule has 0 amide bonds. The number of ether oxygens (including phenoxy) is 1. The Hall–Kier alpha value is -0.860. The van der Waals surface area contributed by atoms with Gasteiger partial charge in [-0.1, -0.05) is 38.0 Å². The van der Waals surface area contributed by atoms with Gasteiger partial charge in [0.25, 0.3) is 0 Å². The summed E-state index contributed by atoms with van der Waals surface area (Å²) in [5.41, 5.74) is 10.5. The van der Waals surface area contributed by atoms with E-state index in [4.69, 9.17) is 10.5 Å². The molecule has 0 aromatic heterocycles. The quantitative estimate of drug-likeness (QED) is 0.865. The van der Waals surface area contributed by atoms with Crippen LogP contribution in [0, 0.1) is 11.8 Å². The van der Waals surface area contributed by atoms with Crippen molar-refractivity contribution in [3.8, 4) is 0 Å². The Morgan fingerprint density at radius 1 is 1.22 bits per heavy atom. The minimum Gasteiger partial charge on any atom is -0.372 e. The molecule has 1 fully saturated rings. The van der Waals surface area contributed by atoms with E-state index in [2.05, 4.69) is 25.1 Å². The SMILES string of the molecule is CC1CCCC(C(N)c2ccc3c(c2)COC3)C1. The summed E-state index contributed by atoms with van der Waals surface area (Å²) in [5, 5.41) is 0. The highest BCUT2D eigenvalue weighted by molar-refractivity contribution is 5.34. The molecule has 1 aromatic rings. The lowest BCUT2D eigenvalue weighted by Gasteiger charge is -2.31. The van der Waals surface area contributed by atoms with Gasteiger partial charge in [-0.2, -0.15) is 0 Å². The van der Waals surface area contributed by atoms with Crippen LogP contribution in [0.25, 0.3) is 0 Å². The molecular weight excluding hydrogens is 222 g/mol. The topological polar surface area (TPSA) is 35.2 Å². The van der Waals surface area contributed by atoms with Crippen LogP contribution in [0.1, 0.15) is 55.3 Å². The van der Waals surface area contributed by atoms with E-state index < -0.39 is 0 Å². The van der Waals surface area contributed by atoms with E-state index in [1.54, 1.807) is 0 Å². The lowest BCUT2D eigenvalue weighted by molar-refractivity contribution is 0.134. The van der Waals surface area contributed by atoms with Crippen molar-refractivity contribution in [2.24, 2.45) is 17.6 Å². The standard InChI is InChI=1S/C16H23NO/c1-11-3-2-4-12(7-11)16(17)13-5-6-14-9-18-10-15(14)8-13/h5-6,8,11-12,16H,2-4,7,9-10,17H2,1H3. The second-order valence-corrected chi connectivity index (χ2v) is 6.08. The predicted molar refractivity (Wildman–Crippen MR) is 73.0 cm³/mol. The third-order valence-corrected chi connectivity index (χ3v) is 4.62. The molecule has 3 unspecified atom stereocenters. The monoisotopic (exact) mass is 245 g/mol. The first-order chi connectivity index (χ1) is 8.74. The van der Waals surface area contributed by atoms with E-state index in [-0.39, 0.29) is 6.04 Å². The maximum atomic E-state index is 6.49. The van der Waals surface area contributed by atoms with E-state index in [0.717, 1.165) is 19.1 Å². The molecule has 1 aliphatic heterocycles. The fraction of sp³-hybridized carbons (Fsp3) is 0.625. The van der Waals surface area contributed by atoms with Gasteiger partial charge in [-0.25, -0.2) is 0 Å². The normalized spacial score (nSPS) is 29.0. The van der Waals surface area contributed by atoms with Crippen LogP contribution in [0.2, 0.25) is 0 Å². The van der Waals surface area contributed by atoms with Crippen molar-refractivity contribution in [3.05, 3.63) is 34.9 Å². The number of nitrogens with two attached hydrogens (primary N) is 1. The van der Waals surface area contributed by atoms with E-state index in [1.165, 1.54) is 42.4 Å². The summed E-state index contributed by atoms with van der Waals surface area (Å²) in [7, 11) is 0. The number of benzene rings is 1. The van der Waals surface area contributed by atoms with Crippen molar-refractivity contribution in [2.75, 3.05) is 0 Å². The molecule has 1 aromatic carbocycles. The highest BCUT2D eigenvalue weighted by atomic mass is 16.5. The summed E-state index contributed by atoms with van der Waals surface area (Å²) < 4.78 is 5.47. The third-order valence-electron chi connectivity index (χ3n) is 4.62. The van der Waals surface area contributed by atoms with E-state index >= 15 is 0 Å². The Balaban J connectivity index is 1.77. The first-order valence-corrected chi connectivity index (χ1v) is 7.19. The van der Waals surface area contributed by atoms with Gasteiger partial charge in [-0.05, 0) is 41.4 Å². The van der Waals surface area contributed by atoms with Gasteiger partial charge >= 0.3 is 0 Å². The van der Waals surface area contributed by atoms with Gasteiger partial charge in [0, 0.05) is 6.04 Å². The van der Waals surface area contributed by atoms with Crippen LogP contribution >= 0.6 is 0 Å². The van der Waals surface area contributed by atoms with Crippen LogP contribution in [-0.4, -0.2) is 0 Å². The van der Waals surface area contributed by atoms with Gasteiger partial charge in [-0.3, -0.25) is 0 Å². The molecule has 0 radical (unpaired) electrons. The summed E-state index contributed by atoms with van der Waals surface area (Å²) in [5.74, 6) is 1.50. The van der Waals surface area contributed by atoms with E-state index in [9.17, 15) is 0 Å². The number of rotatable bonds is 2. The van der Waals surface area contributed by atoms with Crippen molar-refractivity contribution < 1.29 is 4.74 Å². The van der Waals surface area contributed by atoms with Crippen molar-refractivity contribution >= 4 is 0 Å². The molecule has 0 spiro atoms. The summed E-state index contributed by atoms with van der Waals surface area (Å²) in [6.45, 7) is 3.89. The molecule has 1 heterocycles. The second-order valence-electron chi connectivity index (χ2n) is 6.08. The zero-order valence-electron chi connectivity index (χ0n) is 11.2. The van der Waals surface area contributed by atoms with Crippen molar-refractivity contribution in [1.82, 2.24) is 0 Å². The minimum atomic E-state index is 0.207. The van der Waals surface area contributed by atoms with Crippen LogP contribution in [0.3, 0.4) is 0 Å². The van der Waals surface area contributed by atoms with Crippen LogP contribution in [0.4, 0.5) is 0 Å². The zero-order chi connectivity index (χ0) is 12.5. The largest absolute Gasteiger partial charge is 0.372 e. The molecule has 2 N–H and O–H groups in total. The molecule has 98 valence electrons. The van der Waals surface area contributed by atoms with Gasteiger partial charge in [0.2, 0.25) is 0 Å². The van der Waals surface area contributed by atoms with Gasteiger partial charge in [0.05, 0.1) is 13.2 Å². The molecule has 3 rings (SSSR count). The Labute approximate surface area is 110 Å². The smallest absolute Gasteiger partial charge is 0.0725 e. The lowest BCUT2D eigenvalue weighted by atomic mass is 9.77. The van der Waals surface area contributed by atoms with Gasteiger partial charge in [0.15, 0.2) is 0 Å². The molecule has 0 saturated heterocycles. The fourth-order valence-electron chi connectivity index (χ4n) is 3.48. The maximum absolute atomic E-state index is 6.49. The highest BCUT2D eigenvalue weighted by Crippen LogP contribution is 2.36. The van der Waals surface area contributed by atoms with Crippen molar-refractivity contribution in [1.29, 1.82) is 0 Å². The van der Waals surface area contributed by atoms with Crippen LogP contribution in [0.5, 0.6) is 0 Å². The summed E-state index contributed by atoms with van der Waals surface area (Å²) in [6.07, 6.45) is 5.29. The first-order valence-electron chi connectivity index (χ1n) is 7.19. The lowest BCUT2D eigenvalue weighted by Crippen LogP contribution is -2.26. The summed E-state index contributed by atoms with van der Waals surface area (Å²) >= 11 is 0. The fourth-order valence-corrected chi connectivity index (χ4v) is 3.48. The van der Waals surface area contributed by atoms with Crippen LogP contribution < -0.4 is 5.73 Å². The average Bonchev–Trinajstić information content (AvgIpc) is 2.85. The number of fused-ring (bicyclic) bond motifs is 1. The molecule has 0 bridgehead atoms. The Morgan fingerprint density at radius 3 is 2.89 bits per heavy atom. The zero-order valence-corrected chi connectivity index (χ0v) is 11.2. The first kappa shape index (κ1) is 12.2. The van der Waals surface area contributed by atoms with Crippen molar-refractivity contribution in [3.63, 3.8) is 0 Å². The molecule has 18 heavy (non-hydrogen) atoms. The van der Waals surface area contributed by atoms with Gasteiger partial charge in [-0.15, -0.1) is 0 Å². The molecule has 1 aliphatic carbocycles. The second kappa shape index (κ2) is 5.02. The van der Waals surface area contributed by atoms with E-state index in [1.807, 2.05) is 0 Å². The molecule has 3 atom stereocenters. The van der Waals surface area contributed by atoms with Crippen LogP contribution in [-0.2, 0) is 18.0 Å². The highest BCUT2D eigenvalue weighted by Gasteiger charge is 2.26. The Morgan fingerprint density at radius 2 is 2.06 bits per heavy atom. The molecule has 2 nitrogen and oxygen atoms in total.